The normalized spacial score (nSPS) is 15.9. The number of nitroso groups, excluding NO2 is 1. The van der Waals surface area contributed by atoms with Crippen LogP contribution in [0.25, 0.3) is 11.1 Å². The number of esters is 1. The van der Waals surface area contributed by atoms with Crippen molar-refractivity contribution in [1.82, 2.24) is 9.97 Å². The van der Waals surface area contributed by atoms with Crippen LogP contribution in [0, 0.1) is 10.3 Å². The largest absolute Gasteiger partial charge is 0.466 e. The molecule has 0 aliphatic carbocycles. The van der Waals surface area contributed by atoms with E-state index in [1.807, 2.05) is 13.8 Å². The fraction of sp³-hybridized carbons (Fsp3) is 0.450. The van der Waals surface area contributed by atoms with Gasteiger partial charge in [0, 0.05) is 31.0 Å². The molecule has 0 atom stereocenters. The quantitative estimate of drug-likeness (QED) is 0.460. The molecular formula is C20H25N5O3. The number of rotatable bonds is 6. The lowest BCUT2D eigenvalue weighted by atomic mass is 9.76. The summed E-state index contributed by atoms with van der Waals surface area (Å²) in [6.07, 6.45) is 5.65. The zero-order chi connectivity index (χ0) is 20.1. The van der Waals surface area contributed by atoms with Gasteiger partial charge in [-0.1, -0.05) is 13.0 Å². The van der Waals surface area contributed by atoms with E-state index < -0.39 is 5.41 Å². The Morgan fingerprint density at radius 2 is 1.89 bits per heavy atom. The van der Waals surface area contributed by atoms with E-state index in [1.165, 1.54) is 0 Å². The van der Waals surface area contributed by atoms with Crippen molar-refractivity contribution in [2.75, 3.05) is 30.3 Å². The molecule has 148 valence electrons. The van der Waals surface area contributed by atoms with Gasteiger partial charge in [0.1, 0.15) is 5.69 Å². The average molecular weight is 383 g/mol. The van der Waals surface area contributed by atoms with E-state index >= 15 is 0 Å². The number of hydrogen-bond donors (Lipinski definition) is 1. The molecule has 28 heavy (non-hydrogen) atoms. The number of benzene rings is 1. The van der Waals surface area contributed by atoms with Crippen LogP contribution in [0.15, 0.2) is 35.8 Å². The van der Waals surface area contributed by atoms with Gasteiger partial charge in [-0.25, -0.2) is 9.97 Å². The standard InChI is InChI=1S/C20H25N5O3/c1-3-20(18(26)28-4-2)7-9-25(10-8-20)19-22-12-15(13-23-19)14-5-6-16(21)17(11-14)24-27/h5-6,11-13H,3-4,7-10,21H2,1-2H3. The molecule has 1 aliphatic heterocycles. The monoisotopic (exact) mass is 383 g/mol. The molecule has 8 heteroatoms. The molecule has 0 bridgehead atoms. The molecule has 8 nitrogen and oxygen atoms in total. The number of carbonyl (C=O) groups is 1. The van der Waals surface area contributed by atoms with E-state index in [9.17, 15) is 9.70 Å². The van der Waals surface area contributed by atoms with Gasteiger partial charge >= 0.3 is 5.97 Å². The maximum absolute atomic E-state index is 12.4. The molecule has 0 spiro atoms. The van der Waals surface area contributed by atoms with Crippen LogP contribution >= 0.6 is 0 Å². The summed E-state index contributed by atoms with van der Waals surface area (Å²) in [6.45, 7) is 5.68. The van der Waals surface area contributed by atoms with Gasteiger partial charge in [-0.05, 0) is 49.1 Å². The number of nitrogen functional groups attached to an aromatic ring is 1. The van der Waals surface area contributed by atoms with Crippen molar-refractivity contribution >= 4 is 23.3 Å². The third-order valence-corrected chi connectivity index (χ3v) is 5.49. The van der Waals surface area contributed by atoms with E-state index in [0.717, 1.165) is 30.4 Å². The summed E-state index contributed by atoms with van der Waals surface area (Å²) in [5.41, 5.74) is 7.40. The molecule has 1 aromatic carbocycles. The van der Waals surface area contributed by atoms with E-state index in [-0.39, 0.29) is 11.7 Å². The van der Waals surface area contributed by atoms with Crippen LogP contribution in [0.5, 0.6) is 0 Å². The van der Waals surface area contributed by atoms with Gasteiger partial charge in [0.15, 0.2) is 0 Å². The third kappa shape index (κ3) is 3.81. The second kappa shape index (κ2) is 8.33. The minimum atomic E-state index is -0.408. The summed E-state index contributed by atoms with van der Waals surface area (Å²) in [4.78, 5) is 34.2. The van der Waals surface area contributed by atoms with Crippen LogP contribution < -0.4 is 10.6 Å². The van der Waals surface area contributed by atoms with Gasteiger partial charge in [0.25, 0.3) is 0 Å². The van der Waals surface area contributed by atoms with Crippen LogP contribution in [0.1, 0.15) is 33.1 Å². The van der Waals surface area contributed by atoms with Crippen molar-refractivity contribution < 1.29 is 9.53 Å². The molecule has 1 fully saturated rings. The Kier molecular flexibility index (Phi) is 5.87. The van der Waals surface area contributed by atoms with E-state index in [2.05, 4.69) is 20.0 Å². The predicted molar refractivity (Wildman–Crippen MR) is 108 cm³/mol. The summed E-state index contributed by atoms with van der Waals surface area (Å²) in [5.74, 6) is 0.526. The fourth-order valence-corrected chi connectivity index (χ4v) is 3.56. The van der Waals surface area contributed by atoms with Gasteiger partial charge in [0.2, 0.25) is 5.95 Å². The molecule has 0 amide bonds. The van der Waals surface area contributed by atoms with Crippen molar-refractivity contribution in [3.63, 3.8) is 0 Å². The molecule has 1 aliphatic rings. The highest BCUT2D eigenvalue weighted by molar-refractivity contribution is 5.77. The SMILES string of the molecule is CCOC(=O)C1(CC)CCN(c2ncc(-c3ccc(N)c(N=O)c3)cn2)CC1. The number of piperidine rings is 1. The number of carbonyl (C=O) groups excluding carboxylic acids is 1. The summed E-state index contributed by atoms with van der Waals surface area (Å²) >= 11 is 0. The predicted octanol–water partition coefficient (Wildman–Crippen LogP) is 3.68. The van der Waals surface area contributed by atoms with Crippen LogP contribution in [0.4, 0.5) is 17.3 Å². The highest BCUT2D eigenvalue weighted by atomic mass is 16.5. The second-order valence-corrected chi connectivity index (χ2v) is 6.98. The van der Waals surface area contributed by atoms with Crippen molar-refractivity contribution in [2.24, 2.45) is 10.6 Å². The zero-order valence-electron chi connectivity index (χ0n) is 16.2. The fourth-order valence-electron chi connectivity index (χ4n) is 3.56. The number of ether oxygens (including phenoxy) is 1. The highest BCUT2D eigenvalue weighted by Crippen LogP contribution is 2.37. The van der Waals surface area contributed by atoms with Crippen LogP contribution in [0.2, 0.25) is 0 Å². The third-order valence-electron chi connectivity index (χ3n) is 5.49. The number of nitrogens with zero attached hydrogens (tertiary/aromatic N) is 4. The minimum Gasteiger partial charge on any atom is -0.466 e. The lowest BCUT2D eigenvalue weighted by Gasteiger charge is -2.39. The van der Waals surface area contributed by atoms with Crippen LogP contribution in [-0.2, 0) is 9.53 Å². The topological polar surface area (TPSA) is 111 Å². The van der Waals surface area contributed by atoms with Crippen molar-refractivity contribution in [2.45, 2.75) is 33.1 Å². The Balaban J connectivity index is 1.71. The van der Waals surface area contributed by atoms with E-state index in [4.69, 9.17) is 10.5 Å². The molecule has 0 unspecified atom stereocenters. The van der Waals surface area contributed by atoms with Crippen LogP contribution in [-0.4, -0.2) is 35.6 Å². The van der Waals surface area contributed by atoms with E-state index in [0.29, 0.717) is 31.3 Å². The maximum atomic E-state index is 12.4. The molecule has 1 aromatic heterocycles. The zero-order valence-corrected chi connectivity index (χ0v) is 16.2. The number of aromatic nitrogens is 2. The maximum Gasteiger partial charge on any atom is 0.312 e. The van der Waals surface area contributed by atoms with Crippen molar-refractivity contribution in [3.05, 3.63) is 35.5 Å². The number of nitrogens with two attached hydrogens (primary N) is 1. The first-order valence-electron chi connectivity index (χ1n) is 9.50. The first-order valence-corrected chi connectivity index (χ1v) is 9.50. The molecule has 2 heterocycles. The van der Waals surface area contributed by atoms with Gasteiger partial charge in [-0.2, -0.15) is 0 Å². The molecule has 0 saturated carbocycles. The summed E-state index contributed by atoms with van der Waals surface area (Å²) in [5, 5.41) is 2.93. The van der Waals surface area contributed by atoms with E-state index in [1.54, 1.807) is 30.6 Å². The average Bonchev–Trinajstić information content (AvgIpc) is 2.74. The van der Waals surface area contributed by atoms with Gasteiger partial charge < -0.3 is 15.4 Å². The first-order chi connectivity index (χ1) is 13.5. The number of anilines is 2. The molecule has 3 rings (SSSR count). The van der Waals surface area contributed by atoms with Gasteiger partial charge in [-0.3, -0.25) is 4.79 Å². The molecule has 0 radical (unpaired) electrons. The Bertz CT molecular complexity index is 845. The lowest BCUT2D eigenvalue weighted by molar-refractivity contribution is -0.157. The summed E-state index contributed by atoms with van der Waals surface area (Å²) < 4.78 is 5.28. The number of hydrogen-bond acceptors (Lipinski definition) is 8. The Morgan fingerprint density at radius 3 is 2.46 bits per heavy atom. The molecular weight excluding hydrogens is 358 g/mol. The summed E-state index contributed by atoms with van der Waals surface area (Å²) in [7, 11) is 0. The van der Waals surface area contributed by atoms with Crippen molar-refractivity contribution in [1.29, 1.82) is 0 Å². The molecule has 2 N–H and O–H groups in total. The van der Waals surface area contributed by atoms with Crippen molar-refractivity contribution in [3.8, 4) is 11.1 Å². The minimum absolute atomic E-state index is 0.101. The Hall–Kier alpha value is -3.03. The Morgan fingerprint density at radius 1 is 1.21 bits per heavy atom. The van der Waals surface area contributed by atoms with Gasteiger partial charge in [-0.15, -0.1) is 4.91 Å². The lowest BCUT2D eigenvalue weighted by Crippen LogP contribution is -2.45. The Labute approximate surface area is 164 Å². The molecule has 2 aromatic rings. The first kappa shape index (κ1) is 19.7. The van der Waals surface area contributed by atoms with Crippen LogP contribution in [0.3, 0.4) is 0 Å². The second-order valence-electron chi connectivity index (χ2n) is 6.98. The summed E-state index contributed by atoms with van der Waals surface area (Å²) in [6, 6.07) is 5.07. The van der Waals surface area contributed by atoms with Gasteiger partial charge in [0.05, 0.1) is 17.7 Å². The highest BCUT2D eigenvalue weighted by Gasteiger charge is 2.41. The smallest absolute Gasteiger partial charge is 0.312 e. The molecule has 1 saturated heterocycles.